The van der Waals surface area contributed by atoms with Crippen LogP contribution in [-0.4, -0.2) is 31.0 Å². The van der Waals surface area contributed by atoms with Crippen molar-refractivity contribution >= 4 is 23.1 Å². The number of amidine groups is 1. The zero-order valence-electron chi connectivity index (χ0n) is 22.8. The maximum Gasteiger partial charge on any atom is 0.271 e. The van der Waals surface area contributed by atoms with Crippen LogP contribution >= 0.6 is 0 Å². The molecule has 0 aromatic heterocycles. The van der Waals surface area contributed by atoms with Crippen LogP contribution in [0.3, 0.4) is 0 Å². The fourth-order valence-corrected chi connectivity index (χ4v) is 4.20. The van der Waals surface area contributed by atoms with Gasteiger partial charge in [-0.3, -0.25) is 4.79 Å². The zero-order valence-corrected chi connectivity index (χ0v) is 22.8. The van der Waals surface area contributed by atoms with Gasteiger partial charge in [0.25, 0.3) is 5.91 Å². The normalized spacial score (nSPS) is 14.7. The van der Waals surface area contributed by atoms with Crippen LogP contribution in [-0.2, 0) is 10.2 Å². The summed E-state index contributed by atoms with van der Waals surface area (Å²) in [5.74, 6) is 0.428. The van der Waals surface area contributed by atoms with Crippen LogP contribution in [0.1, 0.15) is 97.5 Å². The number of carbonyl (C=O) groups excluding carboxylic acids is 1. The molecule has 6 heteroatoms. The fourth-order valence-electron chi connectivity index (χ4n) is 4.20. The minimum absolute atomic E-state index is 0.0181. The highest BCUT2D eigenvalue weighted by molar-refractivity contribution is 6.66. The first-order valence-electron chi connectivity index (χ1n) is 13.5. The Kier molecular flexibility index (Phi) is 14.9. The fraction of sp³-hybridized carbons (Fsp3) is 0.621. The van der Waals surface area contributed by atoms with Gasteiger partial charge in [-0.05, 0) is 81.1 Å². The third kappa shape index (κ3) is 11.7. The van der Waals surface area contributed by atoms with Crippen LogP contribution < -0.4 is 16.8 Å². The van der Waals surface area contributed by atoms with Crippen LogP contribution in [0.2, 0.25) is 0 Å². The highest BCUT2D eigenvalue weighted by Gasteiger charge is 2.28. The summed E-state index contributed by atoms with van der Waals surface area (Å²) < 4.78 is 0. The molecule has 5 N–H and O–H groups in total. The Balaban J connectivity index is 0.00000138. The van der Waals surface area contributed by atoms with Crippen molar-refractivity contribution in [3.8, 4) is 0 Å². The van der Waals surface area contributed by atoms with Crippen molar-refractivity contribution in [1.82, 2.24) is 5.32 Å². The summed E-state index contributed by atoms with van der Waals surface area (Å²) in [5, 5.41) is 3.11. The lowest BCUT2D eigenvalue weighted by Crippen LogP contribution is -2.35. The summed E-state index contributed by atoms with van der Waals surface area (Å²) in [5.41, 5.74) is 13.7. The molecule has 1 aliphatic rings. The molecular formula is C29H49N5O. The van der Waals surface area contributed by atoms with Crippen LogP contribution in [0.4, 0.5) is 5.69 Å². The molecule has 1 fully saturated rings. The maximum absolute atomic E-state index is 11.8. The Morgan fingerprint density at radius 1 is 1.09 bits per heavy atom. The second kappa shape index (κ2) is 17.0. The number of primary amides is 1. The van der Waals surface area contributed by atoms with Gasteiger partial charge in [0.05, 0.1) is 5.69 Å². The predicted octanol–water partition coefficient (Wildman–Crippen LogP) is 6.17. The van der Waals surface area contributed by atoms with E-state index in [2.05, 4.69) is 55.1 Å². The summed E-state index contributed by atoms with van der Waals surface area (Å²) >= 11 is 0. The van der Waals surface area contributed by atoms with Gasteiger partial charge in [-0.15, -0.1) is 0 Å². The molecule has 0 unspecified atom stereocenters. The van der Waals surface area contributed by atoms with Gasteiger partial charge in [0.2, 0.25) is 0 Å². The lowest BCUT2D eigenvalue weighted by Gasteiger charge is -2.33. The van der Waals surface area contributed by atoms with Crippen molar-refractivity contribution in [3.05, 3.63) is 42.1 Å². The standard InChI is InChI=1S/C25H41N5O.C4H8/c1-5-16-25(7-3,17-6-2)20-12-14-21(15-13-20)30-23(26)22(24(27)31)29-19-11-9-8-10-18-28-4;1-4-2-3-4/h11-15,19,28H,5-10,16-18H2,1-4H3,(H2,26,30)(H2,27,31);4H,2-3H2,1H3/b19-11+,29-22?;. The number of hydrogen-bond donors (Lipinski definition) is 3. The Hall–Kier alpha value is -2.47. The maximum atomic E-state index is 11.8. The molecule has 1 aliphatic carbocycles. The number of unbranched alkanes of at least 4 members (excludes halogenated alkanes) is 2. The molecule has 1 aromatic rings. The van der Waals surface area contributed by atoms with Crippen molar-refractivity contribution in [2.75, 3.05) is 13.6 Å². The number of rotatable bonds is 15. The van der Waals surface area contributed by atoms with E-state index in [1.165, 1.54) is 31.2 Å². The van der Waals surface area contributed by atoms with Gasteiger partial charge in [-0.1, -0.05) is 71.6 Å². The van der Waals surface area contributed by atoms with Crippen molar-refractivity contribution in [2.45, 2.75) is 97.3 Å². The minimum Gasteiger partial charge on any atom is -0.382 e. The van der Waals surface area contributed by atoms with Crippen LogP contribution in [0, 0.1) is 5.92 Å². The van der Waals surface area contributed by atoms with E-state index in [9.17, 15) is 4.79 Å². The monoisotopic (exact) mass is 483 g/mol. The van der Waals surface area contributed by atoms with Gasteiger partial charge < -0.3 is 16.8 Å². The second-order valence-corrected chi connectivity index (χ2v) is 9.69. The van der Waals surface area contributed by atoms with Gasteiger partial charge in [0.15, 0.2) is 11.5 Å². The van der Waals surface area contributed by atoms with E-state index in [4.69, 9.17) is 11.5 Å². The highest BCUT2D eigenvalue weighted by Crippen LogP contribution is 2.38. The molecular weight excluding hydrogens is 434 g/mol. The first-order chi connectivity index (χ1) is 16.8. The van der Waals surface area contributed by atoms with Crippen molar-refractivity contribution < 1.29 is 4.79 Å². The van der Waals surface area contributed by atoms with E-state index in [-0.39, 0.29) is 17.0 Å². The van der Waals surface area contributed by atoms with Crippen molar-refractivity contribution in [2.24, 2.45) is 27.4 Å². The van der Waals surface area contributed by atoms with Crippen LogP contribution in [0.5, 0.6) is 0 Å². The van der Waals surface area contributed by atoms with Gasteiger partial charge in [-0.2, -0.15) is 0 Å². The molecule has 1 saturated carbocycles. The van der Waals surface area contributed by atoms with E-state index >= 15 is 0 Å². The number of nitrogens with two attached hydrogens (primary N) is 2. The average Bonchev–Trinajstić information content (AvgIpc) is 3.63. The third-order valence-electron chi connectivity index (χ3n) is 6.56. The molecule has 0 spiro atoms. The van der Waals surface area contributed by atoms with Crippen molar-refractivity contribution in [1.29, 1.82) is 0 Å². The quantitative estimate of drug-likeness (QED) is 0.158. The molecule has 0 heterocycles. The SMILES string of the molecule is CC1CC1.CCCC(CC)(CCC)c1ccc(N=C(N)C(=N/C=C/CCCCNC)C(N)=O)cc1. The number of carbonyl (C=O) groups is 1. The smallest absolute Gasteiger partial charge is 0.271 e. The van der Waals surface area contributed by atoms with Gasteiger partial charge >= 0.3 is 0 Å². The number of amides is 1. The lowest BCUT2D eigenvalue weighted by molar-refractivity contribution is -0.111. The van der Waals surface area contributed by atoms with E-state index in [1.807, 2.05) is 25.3 Å². The number of allylic oxidation sites excluding steroid dienone is 1. The molecule has 6 nitrogen and oxygen atoms in total. The molecule has 35 heavy (non-hydrogen) atoms. The second-order valence-electron chi connectivity index (χ2n) is 9.69. The van der Waals surface area contributed by atoms with Gasteiger partial charge in [0, 0.05) is 6.20 Å². The average molecular weight is 484 g/mol. The van der Waals surface area contributed by atoms with E-state index in [0.29, 0.717) is 5.69 Å². The number of benzene rings is 1. The molecule has 0 atom stereocenters. The van der Waals surface area contributed by atoms with Crippen molar-refractivity contribution in [3.63, 3.8) is 0 Å². The molecule has 0 radical (unpaired) electrons. The Morgan fingerprint density at radius 2 is 1.69 bits per heavy atom. The van der Waals surface area contributed by atoms with Crippen LogP contribution in [0.15, 0.2) is 46.5 Å². The summed E-state index contributed by atoms with van der Waals surface area (Å²) in [4.78, 5) is 20.3. The summed E-state index contributed by atoms with van der Waals surface area (Å²) in [6.45, 7) is 10.00. The number of nitrogens with one attached hydrogen (secondary N) is 1. The molecule has 0 bridgehead atoms. The molecule has 0 saturated heterocycles. The summed E-state index contributed by atoms with van der Waals surface area (Å²) in [6, 6.07) is 8.17. The highest BCUT2D eigenvalue weighted by atomic mass is 16.1. The van der Waals surface area contributed by atoms with Gasteiger partial charge in [-0.25, -0.2) is 9.98 Å². The zero-order chi connectivity index (χ0) is 26.1. The number of aliphatic imine (C=N–C) groups is 2. The molecule has 196 valence electrons. The third-order valence-corrected chi connectivity index (χ3v) is 6.56. The molecule has 1 amide bonds. The van der Waals surface area contributed by atoms with E-state index < -0.39 is 5.91 Å². The molecule has 1 aromatic carbocycles. The first-order valence-corrected chi connectivity index (χ1v) is 13.5. The number of hydrogen-bond acceptors (Lipinski definition) is 4. The van der Waals surface area contributed by atoms with E-state index in [0.717, 1.165) is 51.0 Å². The Bertz CT molecular complexity index is 816. The Morgan fingerprint density at radius 3 is 2.14 bits per heavy atom. The summed E-state index contributed by atoms with van der Waals surface area (Å²) in [7, 11) is 1.94. The van der Waals surface area contributed by atoms with Gasteiger partial charge in [0.1, 0.15) is 0 Å². The lowest BCUT2D eigenvalue weighted by atomic mass is 9.71. The predicted molar refractivity (Wildman–Crippen MR) is 151 cm³/mol. The minimum atomic E-state index is -0.686. The first kappa shape index (κ1) is 30.6. The summed E-state index contributed by atoms with van der Waals surface area (Å²) in [6.07, 6.45) is 15.2. The number of nitrogens with zero attached hydrogens (tertiary/aromatic N) is 2. The molecule has 2 rings (SSSR count). The Labute approximate surface area is 213 Å². The van der Waals surface area contributed by atoms with Crippen LogP contribution in [0.25, 0.3) is 0 Å². The topological polar surface area (TPSA) is 106 Å². The largest absolute Gasteiger partial charge is 0.382 e. The van der Waals surface area contributed by atoms with E-state index in [1.54, 1.807) is 6.20 Å². The molecule has 0 aliphatic heterocycles.